The van der Waals surface area contributed by atoms with Gasteiger partial charge in [-0.2, -0.15) is 18.2 Å². The van der Waals surface area contributed by atoms with Gasteiger partial charge in [0.25, 0.3) is 0 Å². The van der Waals surface area contributed by atoms with Gasteiger partial charge in [-0.05, 0) is 44.4 Å². The average Bonchev–Trinajstić information content (AvgIpc) is 3.36. The molecule has 1 unspecified atom stereocenters. The number of halogens is 3. The number of aromatic nitrogens is 2. The number of nitrogens with zero attached hydrogens (tertiary/aromatic N) is 4. The molecule has 3 fully saturated rings. The minimum Gasteiger partial charge on any atom is -0.346 e. The number of carbonyl (C=O) groups is 2. The molecule has 1 aromatic rings. The molecule has 1 spiro atoms. The Labute approximate surface area is 172 Å². The van der Waals surface area contributed by atoms with Crippen LogP contribution < -0.4 is 5.32 Å². The van der Waals surface area contributed by atoms with Crippen molar-refractivity contribution < 1.29 is 27.3 Å². The number of piperidine rings is 1. The highest BCUT2D eigenvalue weighted by atomic mass is 19.4. The summed E-state index contributed by atoms with van der Waals surface area (Å²) < 4.78 is 42.6. The van der Waals surface area contributed by atoms with Crippen LogP contribution in [0.5, 0.6) is 0 Å². The molecular weight excluding hydrogens is 403 g/mol. The molecule has 1 aliphatic carbocycles. The van der Waals surface area contributed by atoms with Crippen molar-refractivity contribution in [3.63, 3.8) is 0 Å². The number of carbonyl (C=O) groups excluding carboxylic acids is 2. The summed E-state index contributed by atoms with van der Waals surface area (Å²) in [6.45, 7) is 2.05. The molecule has 3 heterocycles. The fourth-order valence-electron chi connectivity index (χ4n) is 4.59. The minimum atomic E-state index is -4.45. The van der Waals surface area contributed by atoms with Gasteiger partial charge in [-0.25, -0.2) is 0 Å². The summed E-state index contributed by atoms with van der Waals surface area (Å²) in [4.78, 5) is 32.5. The fraction of sp³-hybridized carbons (Fsp3) is 0.789. The molecule has 11 heteroatoms. The van der Waals surface area contributed by atoms with Gasteiger partial charge in [-0.1, -0.05) is 5.16 Å². The first-order valence-corrected chi connectivity index (χ1v) is 10.3. The number of nitrogens with one attached hydrogen (secondary N) is 1. The number of aryl methyl sites for hydroxylation is 1. The molecule has 8 nitrogen and oxygen atoms in total. The molecule has 0 aromatic carbocycles. The summed E-state index contributed by atoms with van der Waals surface area (Å²) in [6.07, 6.45) is -0.260. The summed E-state index contributed by atoms with van der Waals surface area (Å²) in [7, 11) is 0. The van der Waals surface area contributed by atoms with E-state index >= 15 is 0 Å². The second-order valence-electron chi connectivity index (χ2n) is 8.80. The number of likely N-dealkylation sites (tertiary alicyclic amines) is 2. The van der Waals surface area contributed by atoms with Gasteiger partial charge in [0.05, 0.1) is 12.6 Å². The van der Waals surface area contributed by atoms with E-state index in [9.17, 15) is 22.8 Å². The zero-order valence-corrected chi connectivity index (χ0v) is 16.9. The summed E-state index contributed by atoms with van der Waals surface area (Å²) in [5.41, 5.74) is -0.127. The lowest BCUT2D eigenvalue weighted by Gasteiger charge is -2.39. The summed E-state index contributed by atoms with van der Waals surface area (Å²) in [6, 6.07) is -0.325. The molecule has 3 aliphatic rings. The van der Waals surface area contributed by atoms with Crippen molar-refractivity contribution in [2.75, 3.05) is 32.7 Å². The molecule has 1 aromatic heterocycles. The first kappa shape index (κ1) is 21.1. The van der Waals surface area contributed by atoms with Crippen LogP contribution in [0, 0.1) is 18.3 Å². The SMILES string of the molecule is Cc1noc(C2CC3(CCN(C(=O)C4CC4)CC3)CN2CC(=O)NCC(F)(F)F)n1. The quantitative estimate of drug-likeness (QED) is 0.768. The summed E-state index contributed by atoms with van der Waals surface area (Å²) in [5.74, 6) is 0.578. The van der Waals surface area contributed by atoms with E-state index in [1.54, 1.807) is 6.92 Å². The highest BCUT2D eigenvalue weighted by molar-refractivity contribution is 5.81. The number of hydrogen-bond acceptors (Lipinski definition) is 6. The standard InChI is InChI=1S/C19H26F3N5O3/c1-12-24-16(30-25-12)14-8-18(4-6-26(7-5-18)17(29)13-2-3-13)11-27(14)9-15(28)23-10-19(20,21)22/h13-14H,2-11H2,1H3,(H,23,28). The Morgan fingerprint density at radius 3 is 2.53 bits per heavy atom. The molecule has 2 aliphatic heterocycles. The van der Waals surface area contributed by atoms with E-state index in [1.807, 2.05) is 15.1 Å². The smallest absolute Gasteiger partial charge is 0.346 e. The Hall–Kier alpha value is -2.17. The Balaban J connectivity index is 1.43. The Morgan fingerprint density at radius 2 is 1.97 bits per heavy atom. The second kappa shape index (κ2) is 7.82. The summed E-state index contributed by atoms with van der Waals surface area (Å²) in [5, 5.41) is 5.76. The Bertz CT molecular complexity index is 800. The monoisotopic (exact) mass is 429 g/mol. The van der Waals surface area contributed by atoms with Crippen molar-refractivity contribution in [3.05, 3.63) is 11.7 Å². The molecule has 1 N–H and O–H groups in total. The maximum atomic E-state index is 12.4. The van der Waals surface area contributed by atoms with Gasteiger partial charge < -0.3 is 14.7 Å². The van der Waals surface area contributed by atoms with Gasteiger partial charge in [-0.3, -0.25) is 14.5 Å². The zero-order valence-electron chi connectivity index (χ0n) is 16.9. The zero-order chi connectivity index (χ0) is 21.5. The van der Waals surface area contributed by atoms with Gasteiger partial charge in [0.15, 0.2) is 5.82 Å². The van der Waals surface area contributed by atoms with E-state index < -0.39 is 18.6 Å². The third-order valence-electron chi connectivity index (χ3n) is 6.33. The topological polar surface area (TPSA) is 91.6 Å². The summed E-state index contributed by atoms with van der Waals surface area (Å²) >= 11 is 0. The molecule has 166 valence electrons. The lowest BCUT2D eigenvalue weighted by Crippen LogP contribution is -2.45. The highest BCUT2D eigenvalue weighted by Crippen LogP contribution is 2.49. The first-order valence-electron chi connectivity index (χ1n) is 10.3. The first-order chi connectivity index (χ1) is 14.1. The van der Waals surface area contributed by atoms with Crippen LogP contribution in [0.1, 0.15) is 49.9 Å². The largest absolute Gasteiger partial charge is 0.405 e. The van der Waals surface area contributed by atoms with E-state index in [0.29, 0.717) is 37.8 Å². The normalized spacial score (nSPS) is 24.4. The number of hydrogen-bond donors (Lipinski definition) is 1. The van der Waals surface area contributed by atoms with Crippen LogP contribution in [-0.2, 0) is 9.59 Å². The van der Waals surface area contributed by atoms with Crippen LogP contribution in [-0.4, -0.2) is 70.7 Å². The van der Waals surface area contributed by atoms with Gasteiger partial charge in [0.2, 0.25) is 17.7 Å². The van der Waals surface area contributed by atoms with Gasteiger partial charge in [0, 0.05) is 25.6 Å². The van der Waals surface area contributed by atoms with Crippen molar-refractivity contribution in [3.8, 4) is 0 Å². The molecule has 2 saturated heterocycles. The second-order valence-corrected chi connectivity index (χ2v) is 8.80. The lowest BCUT2D eigenvalue weighted by molar-refractivity contribution is -0.139. The van der Waals surface area contributed by atoms with E-state index in [0.717, 1.165) is 25.7 Å². The molecule has 1 atom stereocenters. The Kier molecular flexibility index (Phi) is 5.50. The molecule has 2 amide bonds. The third-order valence-corrected chi connectivity index (χ3v) is 6.33. The maximum Gasteiger partial charge on any atom is 0.405 e. The molecular formula is C19H26F3N5O3. The molecule has 30 heavy (non-hydrogen) atoms. The van der Waals surface area contributed by atoms with Crippen LogP contribution in [0.3, 0.4) is 0 Å². The van der Waals surface area contributed by atoms with Gasteiger partial charge in [0.1, 0.15) is 6.54 Å². The predicted octanol–water partition coefficient (Wildman–Crippen LogP) is 1.82. The average molecular weight is 429 g/mol. The molecule has 1 saturated carbocycles. The third kappa shape index (κ3) is 4.76. The van der Waals surface area contributed by atoms with E-state index in [2.05, 4.69) is 10.1 Å². The predicted molar refractivity (Wildman–Crippen MR) is 98.0 cm³/mol. The van der Waals surface area contributed by atoms with Crippen LogP contribution in [0.15, 0.2) is 4.52 Å². The van der Waals surface area contributed by atoms with Crippen molar-refractivity contribution in [1.29, 1.82) is 0 Å². The maximum absolute atomic E-state index is 12.4. The van der Waals surface area contributed by atoms with Crippen molar-refractivity contribution in [2.24, 2.45) is 11.3 Å². The van der Waals surface area contributed by atoms with Crippen LogP contribution >= 0.6 is 0 Å². The number of rotatable bonds is 5. The van der Waals surface area contributed by atoms with Crippen molar-refractivity contribution >= 4 is 11.8 Å². The Morgan fingerprint density at radius 1 is 1.27 bits per heavy atom. The lowest BCUT2D eigenvalue weighted by atomic mass is 9.76. The van der Waals surface area contributed by atoms with E-state index in [1.165, 1.54) is 0 Å². The van der Waals surface area contributed by atoms with E-state index in [4.69, 9.17) is 4.52 Å². The van der Waals surface area contributed by atoms with Crippen molar-refractivity contribution in [2.45, 2.75) is 51.2 Å². The number of alkyl halides is 3. The van der Waals surface area contributed by atoms with Gasteiger partial charge >= 0.3 is 6.18 Å². The fourth-order valence-corrected chi connectivity index (χ4v) is 4.59. The number of amides is 2. The van der Waals surface area contributed by atoms with E-state index in [-0.39, 0.29) is 29.8 Å². The van der Waals surface area contributed by atoms with Crippen molar-refractivity contribution in [1.82, 2.24) is 25.3 Å². The molecule has 0 radical (unpaired) electrons. The van der Waals surface area contributed by atoms with Crippen LogP contribution in [0.2, 0.25) is 0 Å². The molecule has 0 bridgehead atoms. The highest BCUT2D eigenvalue weighted by Gasteiger charge is 2.49. The molecule has 4 rings (SSSR count). The van der Waals surface area contributed by atoms with Crippen LogP contribution in [0.4, 0.5) is 13.2 Å². The minimum absolute atomic E-state index is 0.127. The van der Waals surface area contributed by atoms with Gasteiger partial charge in [-0.15, -0.1) is 0 Å². The van der Waals surface area contributed by atoms with Crippen LogP contribution in [0.25, 0.3) is 0 Å².